The van der Waals surface area contributed by atoms with Crippen LogP contribution < -0.4 is 15.2 Å². The minimum Gasteiger partial charge on any atom is -0.494 e. The number of rotatable bonds is 8. The molecular weight excluding hydrogens is 402 g/mol. The first kappa shape index (κ1) is 21.4. The Balaban J connectivity index is 1.88. The Morgan fingerprint density at radius 3 is 2.68 bits per heavy atom. The minimum atomic E-state index is -0.569. The standard InChI is InChI=1S/C21H19N5O5/c1-2-31-17-7-4-15(5-8-17)25(11-3-10-22)20(27)13-24-14-23-19-12-16(26(29)30)6-9-18(19)21(24)28/h4-9,12,14H,2-3,11,13H2,1H3. The average Bonchev–Trinajstić information content (AvgIpc) is 2.77. The van der Waals surface area contributed by atoms with Gasteiger partial charge < -0.3 is 9.64 Å². The van der Waals surface area contributed by atoms with Gasteiger partial charge in [0.2, 0.25) is 5.91 Å². The lowest BCUT2D eigenvalue weighted by Crippen LogP contribution is -2.37. The maximum absolute atomic E-state index is 13.0. The number of hydrogen-bond donors (Lipinski definition) is 0. The van der Waals surface area contributed by atoms with Gasteiger partial charge in [0.15, 0.2) is 0 Å². The predicted molar refractivity (Wildman–Crippen MR) is 113 cm³/mol. The van der Waals surface area contributed by atoms with Crippen LogP contribution in [0.1, 0.15) is 13.3 Å². The number of benzene rings is 2. The second-order valence-electron chi connectivity index (χ2n) is 6.52. The second kappa shape index (κ2) is 9.49. The summed E-state index contributed by atoms with van der Waals surface area (Å²) >= 11 is 0. The summed E-state index contributed by atoms with van der Waals surface area (Å²) in [5.74, 6) is 0.257. The summed E-state index contributed by atoms with van der Waals surface area (Å²) in [4.78, 5) is 41.6. The van der Waals surface area contributed by atoms with Gasteiger partial charge >= 0.3 is 0 Å². The smallest absolute Gasteiger partial charge is 0.271 e. The van der Waals surface area contributed by atoms with Gasteiger partial charge in [-0.15, -0.1) is 0 Å². The summed E-state index contributed by atoms with van der Waals surface area (Å²) in [6.45, 7) is 2.24. The monoisotopic (exact) mass is 421 g/mol. The van der Waals surface area contributed by atoms with E-state index in [-0.39, 0.29) is 36.1 Å². The number of hydrogen-bond acceptors (Lipinski definition) is 7. The Bertz CT molecular complexity index is 1210. The normalized spacial score (nSPS) is 10.5. The molecule has 1 aromatic heterocycles. The molecule has 0 saturated heterocycles. The molecule has 10 heteroatoms. The zero-order valence-corrected chi connectivity index (χ0v) is 16.7. The van der Waals surface area contributed by atoms with Gasteiger partial charge in [-0.05, 0) is 37.3 Å². The molecule has 0 atom stereocenters. The van der Waals surface area contributed by atoms with Gasteiger partial charge in [-0.3, -0.25) is 24.3 Å². The first-order chi connectivity index (χ1) is 14.9. The van der Waals surface area contributed by atoms with Crippen molar-refractivity contribution in [2.45, 2.75) is 19.9 Å². The Morgan fingerprint density at radius 2 is 2.03 bits per heavy atom. The van der Waals surface area contributed by atoms with Gasteiger partial charge in [0, 0.05) is 24.4 Å². The van der Waals surface area contributed by atoms with E-state index in [9.17, 15) is 19.7 Å². The van der Waals surface area contributed by atoms with Crippen molar-refractivity contribution in [1.29, 1.82) is 5.26 Å². The van der Waals surface area contributed by atoms with Crippen LogP contribution in [0.4, 0.5) is 11.4 Å². The Kier molecular flexibility index (Phi) is 6.57. The molecule has 0 fully saturated rings. The molecule has 10 nitrogen and oxygen atoms in total. The number of nitro benzene ring substituents is 1. The van der Waals surface area contributed by atoms with Crippen LogP contribution in [0.2, 0.25) is 0 Å². The highest BCUT2D eigenvalue weighted by Gasteiger charge is 2.18. The van der Waals surface area contributed by atoms with Crippen LogP contribution in [-0.4, -0.2) is 33.5 Å². The molecule has 0 unspecified atom stereocenters. The fourth-order valence-electron chi connectivity index (χ4n) is 3.05. The fourth-order valence-corrected chi connectivity index (χ4v) is 3.05. The Morgan fingerprint density at radius 1 is 1.29 bits per heavy atom. The summed E-state index contributed by atoms with van der Waals surface area (Å²) in [6.07, 6.45) is 1.31. The zero-order valence-electron chi connectivity index (χ0n) is 16.7. The van der Waals surface area contributed by atoms with Gasteiger partial charge in [-0.1, -0.05) is 0 Å². The fraction of sp³-hybridized carbons (Fsp3) is 0.238. The third-order valence-corrected chi connectivity index (χ3v) is 4.53. The summed E-state index contributed by atoms with van der Waals surface area (Å²) < 4.78 is 6.55. The lowest BCUT2D eigenvalue weighted by Gasteiger charge is -2.22. The average molecular weight is 421 g/mol. The molecule has 0 spiro atoms. The lowest BCUT2D eigenvalue weighted by atomic mass is 10.2. The van der Waals surface area contributed by atoms with E-state index < -0.39 is 16.4 Å². The molecule has 0 aliphatic rings. The number of non-ortho nitro benzene ring substituents is 1. The molecule has 3 aromatic rings. The number of amides is 1. The second-order valence-corrected chi connectivity index (χ2v) is 6.52. The molecule has 1 amide bonds. The van der Waals surface area contributed by atoms with Crippen molar-refractivity contribution >= 4 is 28.2 Å². The first-order valence-corrected chi connectivity index (χ1v) is 9.48. The number of nitriles is 1. The van der Waals surface area contributed by atoms with Crippen molar-refractivity contribution in [2.75, 3.05) is 18.1 Å². The molecule has 0 aliphatic carbocycles. The molecule has 0 radical (unpaired) electrons. The molecule has 1 heterocycles. The van der Waals surface area contributed by atoms with E-state index in [1.807, 2.05) is 13.0 Å². The van der Waals surface area contributed by atoms with Crippen LogP contribution in [0, 0.1) is 21.4 Å². The molecular formula is C21H19N5O5. The summed E-state index contributed by atoms with van der Waals surface area (Å²) in [7, 11) is 0. The highest BCUT2D eigenvalue weighted by Crippen LogP contribution is 2.21. The van der Waals surface area contributed by atoms with Gasteiger partial charge in [-0.2, -0.15) is 5.26 Å². The van der Waals surface area contributed by atoms with E-state index in [0.29, 0.717) is 18.0 Å². The van der Waals surface area contributed by atoms with Crippen LogP contribution in [-0.2, 0) is 11.3 Å². The first-order valence-electron chi connectivity index (χ1n) is 9.48. The van der Waals surface area contributed by atoms with Crippen LogP contribution in [0.5, 0.6) is 5.75 Å². The summed E-state index contributed by atoms with van der Waals surface area (Å²) in [5, 5.41) is 20.0. The number of nitrogens with zero attached hydrogens (tertiary/aromatic N) is 5. The number of ether oxygens (including phenoxy) is 1. The van der Waals surface area contributed by atoms with E-state index >= 15 is 0 Å². The van der Waals surface area contributed by atoms with Crippen LogP contribution in [0.25, 0.3) is 10.9 Å². The third-order valence-electron chi connectivity index (χ3n) is 4.53. The van der Waals surface area contributed by atoms with Gasteiger partial charge in [0.1, 0.15) is 12.3 Å². The SMILES string of the molecule is CCOc1ccc(N(CCC#N)C(=O)Cn2cnc3cc([N+](=O)[O-])ccc3c2=O)cc1. The number of anilines is 1. The van der Waals surface area contributed by atoms with Gasteiger partial charge in [0.25, 0.3) is 11.2 Å². The molecule has 0 bridgehead atoms. The van der Waals surface area contributed by atoms with E-state index in [0.717, 1.165) is 4.57 Å². The van der Waals surface area contributed by atoms with Crippen LogP contribution in [0.15, 0.2) is 53.6 Å². The highest BCUT2D eigenvalue weighted by molar-refractivity contribution is 5.93. The summed E-state index contributed by atoms with van der Waals surface area (Å²) in [5.41, 5.74) is 0.0865. The van der Waals surface area contributed by atoms with E-state index in [1.165, 1.54) is 29.4 Å². The summed E-state index contributed by atoms with van der Waals surface area (Å²) in [6, 6.07) is 12.6. The van der Waals surface area contributed by atoms with Crippen LogP contribution >= 0.6 is 0 Å². The van der Waals surface area contributed by atoms with E-state index in [1.54, 1.807) is 24.3 Å². The third kappa shape index (κ3) is 4.84. The van der Waals surface area contributed by atoms with Crippen LogP contribution in [0.3, 0.4) is 0 Å². The zero-order chi connectivity index (χ0) is 22.4. The number of carbonyl (C=O) groups excluding carboxylic acids is 1. The lowest BCUT2D eigenvalue weighted by molar-refractivity contribution is -0.384. The van der Waals surface area contributed by atoms with Gasteiger partial charge in [-0.25, -0.2) is 4.98 Å². The minimum absolute atomic E-state index is 0.119. The van der Waals surface area contributed by atoms with Crippen molar-refractivity contribution in [3.05, 3.63) is 69.3 Å². The quantitative estimate of drug-likeness (QED) is 0.403. The molecule has 0 N–H and O–H groups in total. The van der Waals surface area contributed by atoms with Crippen molar-refractivity contribution in [3.8, 4) is 11.8 Å². The van der Waals surface area contributed by atoms with E-state index in [2.05, 4.69) is 4.98 Å². The number of fused-ring (bicyclic) bond motifs is 1. The molecule has 0 saturated carbocycles. The number of carbonyl (C=O) groups is 1. The molecule has 0 aliphatic heterocycles. The highest BCUT2D eigenvalue weighted by atomic mass is 16.6. The Hall–Kier alpha value is -4.26. The topological polar surface area (TPSA) is 131 Å². The molecule has 31 heavy (non-hydrogen) atoms. The predicted octanol–water partition coefficient (Wildman–Crippen LogP) is 2.65. The van der Waals surface area contributed by atoms with Gasteiger partial charge in [0.05, 0.1) is 41.3 Å². The maximum Gasteiger partial charge on any atom is 0.271 e. The van der Waals surface area contributed by atoms with E-state index in [4.69, 9.17) is 10.00 Å². The molecule has 3 rings (SSSR count). The molecule has 2 aromatic carbocycles. The Labute approximate surface area is 177 Å². The largest absolute Gasteiger partial charge is 0.494 e. The maximum atomic E-state index is 13.0. The van der Waals surface area contributed by atoms with Crippen molar-refractivity contribution < 1.29 is 14.5 Å². The molecule has 158 valence electrons. The number of aromatic nitrogens is 2. The number of nitro groups is 1. The van der Waals surface area contributed by atoms with Crippen molar-refractivity contribution in [2.24, 2.45) is 0 Å². The van der Waals surface area contributed by atoms with Crippen molar-refractivity contribution in [3.63, 3.8) is 0 Å². The van der Waals surface area contributed by atoms with Crippen molar-refractivity contribution in [1.82, 2.24) is 9.55 Å².